The Labute approximate surface area is 208 Å². The molecule has 3 aromatic heterocycles. The van der Waals surface area contributed by atoms with Crippen LogP contribution in [0.25, 0.3) is 11.0 Å². The number of likely N-dealkylation sites (tertiary alicyclic amines) is 1. The molecule has 1 fully saturated rings. The number of hydrogen-bond donors (Lipinski definition) is 2. The molecule has 0 spiro atoms. The van der Waals surface area contributed by atoms with Gasteiger partial charge in [0.15, 0.2) is 0 Å². The van der Waals surface area contributed by atoms with Gasteiger partial charge in [-0.2, -0.15) is 0 Å². The van der Waals surface area contributed by atoms with E-state index in [-0.39, 0.29) is 11.8 Å². The van der Waals surface area contributed by atoms with E-state index in [0.717, 1.165) is 65.4 Å². The minimum absolute atomic E-state index is 0.0157. The maximum absolute atomic E-state index is 11.6. The first kappa shape index (κ1) is 22.5. The second-order valence-electron chi connectivity index (χ2n) is 9.21. The number of thioether (sulfide) groups is 1. The minimum atomic E-state index is 0.0157. The number of aromatic nitrogens is 3. The standard InChI is InChI=1S/C25H28N6O3S/c1-33-22-5-3-18-24(30-22)23-15(13-34-19(23)11-27-18)12-31-8-6-16(7-9-31)26-10-17-2-4-20-25(28-17)29-21(32)14-35-20/h2-5,11,15-16,26H,6-10,12-14H2,1H3,(H,28,29,32). The number of ether oxygens (including phenoxy) is 2. The number of nitrogens with one attached hydrogen (secondary N) is 2. The van der Waals surface area contributed by atoms with Crippen LogP contribution in [0.5, 0.6) is 11.6 Å². The van der Waals surface area contributed by atoms with Gasteiger partial charge in [-0.15, -0.1) is 11.8 Å². The molecule has 1 saturated heterocycles. The number of carbonyl (C=O) groups excluding carboxylic acids is 1. The molecule has 3 aliphatic heterocycles. The van der Waals surface area contributed by atoms with E-state index >= 15 is 0 Å². The lowest BCUT2D eigenvalue weighted by atomic mass is 9.97. The quantitative estimate of drug-likeness (QED) is 0.538. The third-order valence-corrected chi connectivity index (χ3v) is 7.96. The summed E-state index contributed by atoms with van der Waals surface area (Å²) in [6, 6.07) is 8.36. The van der Waals surface area contributed by atoms with Crippen molar-refractivity contribution in [3.63, 3.8) is 0 Å². The third-order valence-electron chi connectivity index (χ3n) is 6.92. The van der Waals surface area contributed by atoms with Gasteiger partial charge in [-0.05, 0) is 44.1 Å². The van der Waals surface area contributed by atoms with Crippen molar-refractivity contribution >= 4 is 34.5 Å². The number of hydrogen-bond acceptors (Lipinski definition) is 9. The number of fused-ring (bicyclic) bond motifs is 4. The number of anilines is 1. The Hall–Kier alpha value is -2.95. The van der Waals surface area contributed by atoms with Crippen LogP contribution in [-0.2, 0) is 11.3 Å². The molecule has 10 heteroatoms. The molecule has 1 unspecified atom stereocenters. The maximum Gasteiger partial charge on any atom is 0.235 e. The highest BCUT2D eigenvalue weighted by molar-refractivity contribution is 8.00. The summed E-state index contributed by atoms with van der Waals surface area (Å²) in [5.74, 6) is 2.87. The molecular weight excluding hydrogens is 464 g/mol. The minimum Gasteiger partial charge on any atom is -0.491 e. The summed E-state index contributed by atoms with van der Waals surface area (Å²) in [7, 11) is 1.63. The van der Waals surface area contributed by atoms with Crippen molar-refractivity contribution in [1.29, 1.82) is 0 Å². The van der Waals surface area contributed by atoms with Crippen LogP contribution in [0.3, 0.4) is 0 Å². The Bertz CT molecular complexity index is 1260. The average molecular weight is 493 g/mol. The molecule has 9 nitrogen and oxygen atoms in total. The second-order valence-corrected chi connectivity index (χ2v) is 10.2. The first-order chi connectivity index (χ1) is 17.2. The highest BCUT2D eigenvalue weighted by Crippen LogP contribution is 2.39. The molecule has 3 aromatic rings. The number of pyridine rings is 3. The molecule has 182 valence electrons. The number of nitrogens with zero attached hydrogens (tertiary/aromatic N) is 4. The fourth-order valence-electron chi connectivity index (χ4n) is 5.07. The molecule has 0 saturated carbocycles. The van der Waals surface area contributed by atoms with Crippen LogP contribution in [0.1, 0.15) is 30.0 Å². The molecule has 6 heterocycles. The average Bonchev–Trinajstić information content (AvgIpc) is 3.30. The Morgan fingerprint density at radius 1 is 1.23 bits per heavy atom. The van der Waals surface area contributed by atoms with Crippen molar-refractivity contribution in [3.05, 3.63) is 41.7 Å². The molecule has 3 aliphatic rings. The van der Waals surface area contributed by atoms with Crippen molar-refractivity contribution in [1.82, 2.24) is 25.2 Å². The van der Waals surface area contributed by atoms with Gasteiger partial charge >= 0.3 is 0 Å². The summed E-state index contributed by atoms with van der Waals surface area (Å²) in [4.78, 5) is 29.0. The molecular formula is C25H28N6O3S. The van der Waals surface area contributed by atoms with Crippen LogP contribution in [0.4, 0.5) is 5.82 Å². The van der Waals surface area contributed by atoms with Gasteiger partial charge in [0.2, 0.25) is 11.8 Å². The Balaban J connectivity index is 1.05. The third kappa shape index (κ3) is 4.65. The summed E-state index contributed by atoms with van der Waals surface area (Å²) < 4.78 is 11.3. The predicted octanol–water partition coefficient (Wildman–Crippen LogP) is 2.81. The van der Waals surface area contributed by atoms with Crippen LogP contribution in [0.15, 0.2) is 35.4 Å². The largest absolute Gasteiger partial charge is 0.491 e. The van der Waals surface area contributed by atoms with Crippen molar-refractivity contribution in [2.24, 2.45) is 0 Å². The lowest BCUT2D eigenvalue weighted by Gasteiger charge is -2.33. The lowest BCUT2D eigenvalue weighted by molar-refractivity contribution is -0.113. The number of amides is 1. The smallest absolute Gasteiger partial charge is 0.235 e. The SMILES string of the molecule is COc1ccc2ncc3c(c2n1)C(CN1CCC(NCc2ccc4c(n2)NC(=O)CS4)CC1)CO3. The Kier molecular flexibility index (Phi) is 6.17. The molecule has 0 aromatic carbocycles. The lowest BCUT2D eigenvalue weighted by Crippen LogP contribution is -2.43. The van der Waals surface area contributed by atoms with Gasteiger partial charge in [-0.1, -0.05) is 0 Å². The second kappa shape index (κ2) is 9.60. The number of rotatable bonds is 6. The summed E-state index contributed by atoms with van der Waals surface area (Å²) in [5.41, 5.74) is 3.86. The zero-order chi connectivity index (χ0) is 23.8. The van der Waals surface area contributed by atoms with Gasteiger partial charge in [0.1, 0.15) is 17.1 Å². The first-order valence-corrected chi connectivity index (χ1v) is 13.0. The molecule has 1 amide bonds. The Morgan fingerprint density at radius 2 is 2.11 bits per heavy atom. The van der Waals surface area contributed by atoms with Gasteiger partial charge in [0.05, 0.1) is 41.8 Å². The van der Waals surface area contributed by atoms with Gasteiger partial charge < -0.3 is 25.0 Å². The van der Waals surface area contributed by atoms with Crippen molar-refractivity contribution in [2.75, 3.05) is 44.4 Å². The van der Waals surface area contributed by atoms with Crippen LogP contribution < -0.4 is 20.1 Å². The van der Waals surface area contributed by atoms with Gasteiger partial charge in [0.25, 0.3) is 0 Å². The fourth-order valence-corrected chi connectivity index (χ4v) is 5.83. The molecule has 0 radical (unpaired) electrons. The van der Waals surface area contributed by atoms with Crippen molar-refractivity contribution < 1.29 is 14.3 Å². The van der Waals surface area contributed by atoms with Gasteiger partial charge in [-0.3, -0.25) is 9.78 Å². The molecule has 1 atom stereocenters. The number of methoxy groups -OCH3 is 1. The summed E-state index contributed by atoms with van der Waals surface area (Å²) in [6.45, 7) is 4.38. The predicted molar refractivity (Wildman–Crippen MR) is 134 cm³/mol. The van der Waals surface area contributed by atoms with E-state index in [2.05, 4.69) is 36.6 Å². The van der Waals surface area contributed by atoms with Crippen molar-refractivity contribution in [2.45, 2.75) is 36.2 Å². The topological polar surface area (TPSA) is 102 Å². The zero-order valence-corrected chi connectivity index (χ0v) is 20.4. The molecule has 2 N–H and O–H groups in total. The monoisotopic (exact) mass is 492 g/mol. The van der Waals surface area contributed by atoms with Gasteiger partial charge in [0, 0.05) is 36.7 Å². The van der Waals surface area contributed by atoms with Crippen LogP contribution in [-0.4, -0.2) is 70.9 Å². The first-order valence-electron chi connectivity index (χ1n) is 12.0. The highest BCUT2D eigenvalue weighted by atomic mass is 32.2. The van der Waals surface area contributed by atoms with Crippen molar-refractivity contribution in [3.8, 4) is 11.6 Å². The normalized spacial score (nSPS) is 20.3. The van der Waals surface area contributed by atoms with E-state index in [1.807, 2.05) is 24.4 Å². The van der Waals surface area contributed by atoms with E-state index in [4.69, 9.17) is 9.47 Å². The van der Waals surface area contributed by atoms with Gasteiger partial charge in [-0.25, -0.2) is 9.97 Å². The molecule has 6 rings (SSSR count). The van der Waals surface area contributed by atoms with E-state index in [0.29, 0.717) is 36.6 Å². The van der Waals surface area contributed by atoms with E-state index in [9.17, 15) is 4.79 Å². The molecule has 0 bridgehead atoms. The Morgan fingerprint density at radius 3 is 2.97 bits per heavy atom. The summed E-state index contributed by atoms with van der Waals surface area (Å²) in [5, 5.41) is 6.53. The molecule has 35 heavy (non-hydrogen) atoms. The van der Waals surface area contributed by atoms with Crippen LogP contribution in [0.2, 0.25) is 0 Å². The molecule has 0 aliphatic carbocycles. The highest BCUT2D eigenvalue weighted by Gasteiger charge is 2.31. The fraction of sp³-hybridized carbons (Fsp3) is 0.440. The van der Waals surface area contributed by atoms with E-state index in [1.165, 1.54) is 11.8 Å². The number of carbonyl (C=O) groups is 1. The zero-order valence-electron chi connectivity index (χ0n) is 19.6. The van der Waals surface area contributed by atoms with Crippen LogP contribution in [0, 0.1) is 0 Å². The summed E-state index contributed by atoms with van der Waals surface area (Å²) >= 11 is 1.54. The maximum atomic E-state index is 11.6. The summed E-state index contributed by atoms with van der Waals surface area (Å²) in [6.07, 6.45) is 3.99. The van der Waals surface area contributed by atoms with Crippen LogP contribution >= 0.6 is 11.8 Å². The van der Waals surface area contributed by atoms with E-state index < -0.39 is 0 Å². The van der Waals surface area contributed by atoms with E-state index in [1.54, 1.807) is 7.11 Å². The number of piperidine rings is 1.